The van der Waals surface area contributed by atoms with E-state index in [-0.39, 0.29) is 0 Å². The van der Waals surface area contributed by atoms with E-state index in [9.17, 15) is 0 Å². The van der Waals surface area contributed by atoms with Gasteiger partial charge in [-0.1, -0.05) is 25.4 Å². The minimum absolute atomic E-state index is 0.475. The second kappa shape index (κ2) is 4.26. The van der Waals surface area contributed by atoms with Crippen molar-refractivity contribution >= 4 is 22.9 Å². The zero-order valence-electron chi connectivity index (χ0n) is 7.38. The fourth-order valence-corrected chi connectivity index (χ4v) is 2.51. The van der Waals surface area contributed by atoms with E-state index in [0.717, 1.165) is 11.6 Å². The predicted octanol–water partition coefficient (Wildman–Crippen LogP) is 3.10. The molecule has 1 heterocycles. The molecule has 0 fully saturated rings. The normalized spacial score (nSPS) is 16.0. The third-order valence-corrected chi connectivity index (χ3v) is 3.84. The van der Waals surface area contributed by atoms with E-state index in [1.54, 1.807) is 11.3 Å². The van der Waals surface area contributed by atoms with Gasteiger partial charge in [0.15, 0.2) is 0 Å². The molecule has 0 aliphatic heterocycles. The molecule has 0 saturated heterocycles. The van der Waals surface area contributed by atoms with Crippen LogP contribution in [0.5, 0.6) is 0 Å². The van der Waals surface area contributed by atoms with Crippen molar-refractivity contribution in [3.63, 3.8) is 0 Å². The lowest BCUT2D eigenvalue weighted by Crippen LogP contribution is -2.16. The topological polar surface area (TPSA) is 26.0 Å². The van der Waals surface area contributed by atoms with Crippen LogP contribution >= 0.6 is 22.9 Å². The average Bonchev–Trinajstić information content (AvgIpc) is 2.48. The Kier molecular flexibility index (Phi) is 3.56. The molecular formula is C9H14ClNS. The average molecular weight is 204 g/mol. The van der Waals surface area contributed by atoms with Gasteiger partial charge in [-0.05, 0) is 29.8 Å². The maximum atomic E-state index is 6.01. The van der Waals surface area contributed by atoms with Crippen molar-refractivity contribution in [1.82, 2.24) is 0 Å². The molecule has 0 aliphatic rings. The molecule has 12 heavy (non-hydrogen) atoms. The van der Waals surface area contributed by atoms with E-state index < -0.39 is 0 Å². The van der Waals surface area contributed by atoms with Crippen LogP contribution < -0.4 is 5.73 Å². The Labute approximate surface area is 82.5 Å². The fraction of sp³-hybridized carbons (Fsp3) is 0.556. The molecule has 1 rings (SSSR count). The zero-order chi connectivity index (χ0) is 9.14. The first-order valence-electron chi connectivity index (χ1n) is 4.09. The molecule has 0 aromatic carbocycles. The van der Waals surface area contributed by atoms with Gasteiger partial charge in [0.2, 0.25) is 0 Å². The molecule has 0 amide bonds. The lowest BCUT2D eigenvalue weighted by atomic mass is 9.95. The Bertz CT molecular complexity index is 246. The van der Waals surface area contributed by atoms with Crippen molar-refractivity contribution in [2.24, 2.45) is 11.7 Å². The van der Waals surface area contributed by atoms with Crippen molar-refractivity contribution in [1.29, 1.82) is 0 Å². The molecule has 1 aromatic heterocycles. The van der Waals surface area contributed by atoms with E-state index in [0.29, 0.717) is 11.8 Å². The highest BCUT2D eigenvalue weighted by Crippen LogP contribution is 2.33. The Morgan fingerprint density at radius 1 is 1.58 bits per heavy atom. The molecule has 0 spiro atoms. The van der Waals surface area contributed by atoms with E-state index in [4.69, 9.17) is 17.3 Å². The van der Waals surface area contributed by atoms with Gasteiger partial charge in [-0.3, -0.25) is 0 Å². The van der Waals surface area contributed by atoms with Gasteiger partial charge in [-0.15, -0.1) is 11.3 Å². The summed E-state index contributed by atoms with van der Waals surface area (Å²) in [4.78, 5) is 1.26. The molecule has 3 heteroatoms. The number of nitrogens with two attached hydrogens (primary N) is 1. The van der Waals surface area contributed by atoms with Crippen molar-refractivity contribution < 1.29 is 0 Å². The van der Waals surface area contributed by atoms with Gasteiger partial charge < -0.3 is 5.73 Å². The molecular weight excluding hydrogens is 190 g/mol. The molecule has 0 radical (unpaired) electrons. The molecule has 68 valence electrons. The van der Waals surface area contributed by atoms with Crippen molar-refractivity contribution in [2.45, 2.75) is 19.8 Å². The van der Waals surface area contributed by atoms with Gasteiger partial charge in [0.1, 0.15) is 0 Å². The van der Waals surface area contributed by atoms with E-state index in [2.05, 4.69) is 13.8 Å². The third-order valence-electron chi connectivity index (χ3n) is 2.28. The first kappa shape index (κ1) is 10.0. The van der Waals surface area contributed by atoms with Crippen LogP contribution in [0.3, 0.4) is 0 Å². The Hall–Kier alpha value is -0.0500. The largest absolute Gasteiger partial charge is 0.330 e. The van der Waals surface area contributed by atoms with Crippen molar-refractivity contribution in [3.8, 4) is 0 Å². The van der Waals surface area contributed by atoms with E-state index in [1.807, 2.05) is 11.4 Å². The summed E-state index contributed by atoms with van der Waals surface area (Å²) < 4.78 is 0. The van der Waals surface area contributed by atoms with Gasteiger partial charge >= 0.3 is 0 Å². The van der Waals surface area contributed by atoms with Crippen molar-refractivity contribution in [3.05, 3.63) is 21.3 Å². The number of halogens is 1. The number of hydrogen-bond acceptors (Lipinski definition) is 2. The standard InChI is InChI=1S/C9H14ClNS/c1-6(5-11)7(2)9-8(10)3-4-12-9/h3-4,6-7H,5,11H2,1-2H3. The molecule has 1 aromatic rings. The highest BCUT2D eigenvalue weighted by molar-refractivity contribution is 7.10. The van der Waals surface area contributed by atoms with Crippen LogP contribution in [0.25, 0.3) is 0 Å². The fourth-order valence-electron chi connectivity index (χ4n) is 1.09. The summed E-state index contributed by atoms with van der Waals surface area (Å²) in [5.41, 5.74) is 5.59. The summed E-state index contributed by atoms with van der Waals surface area (Å²) in [6.07, 6.45) is 0. The molecule has 2 unspecified atom stereocenters. The molecule has 0 bridgehead atoms. The van der Waals surface area contributed by atoms with Gasteiger partial charge in [0, 0.05) is 4.88 Å². The quantitative estimate of drug-likeness (QED) is 0.803. The first-order valence-corrected chi connectivity index (χ1v) is 5.35. The van der Waals surface area contributed by atoms with Crippen LogP contribution in [0.1, 0.15) is 24.6 Å². The third kappa shape index (κ3) is 2.00. The van der Waals surface area contributed by atoms with Crippen LogP contribution in [-0.2, 0) is 0 Å². The van der Waals surface area contributed by atoms with Gasteiger partial charge in [0.05, 0.1) is 5.02 Å². The monoisotopic (exact) mass is 203 g/mol. The van der Waals surface area contributed by atoms with Crippen LogP contribution in [0.2, 0.25) is 5.02 Å². The van der Waals surface area contributed by atoms with Crippen LogP contribution in [0, 0.1) is 5.92 Å². The lowest BCUT2D eigenvalue weighted by molar-refractivity contribution is 0.505. The molecule has 0 saturated carbocycles. The maximum Gasteiger partial charge on any atom is 0.0547 e. The van der Waals surface area contributed by atoms with Crippen LogP contribution in [0.4, 0.5) is 0 Å². The summed E-state index contributed by atoms with van der Waals surface area (Å²) in [6.45, 7) is 5.05. The van der Waals surface area contributed by atoms with E-state index in [1.165, 1.54) is 4.88 Å². The SMILES string of the molecule is CC(CN)C(C)c1sccc1Cl. The summed E-state index contributed by atoms with van der Waals surface area (Å²) in [5.74, 6) is 0.976. The van der Waals surface area contributed by atoms with Gasteiger partial charge in [-0.25, -0.2) is 0 Å². The molecule has 2 N–H and O–H groups in total. The van der Waals surface area contributed by atoms with Gasteiger partial charge in [-0.2, -0.15) is 0 Å². The maximum absolute atomic E-state index is 6.01. The summed E-state index contributed by atoms with van der Waals surface area (Å²) in [7, 11) is 0. The number of thiophene rings is 1. The smallest absolute Gasteiger partial charge is 0.0547 e. The summed E-state index contributed by atoms with van der Waals surface area (Å²) in [5, 5.41) is 2.91. The number of rotatable bonds is 3. The Morgan fingerprint density at radius 3 is 2.67 bits per heavy atom. The molecule has 0 aliphatic carbocycles. The Morgan fingerprint density at radius 2 is 2.25 bits per heavy atom. The minimum Gasteiger partial charge on any atom is -0.330 e. The highest BCUT2D eigenvalue weighted by atomic mass is 35.5. The number of hydrogen-bond donors (Lipinski definition) is 1. The minimum atomic E-state index is 0.475. The van der Waals surface area contributed by atoms with Crippen LogP contribution in [-0.4, -0.2) is 6.54 Å². The Balaban J connectivity index is 2.77. The lowest BCUT2D eigenvalue weighted by Gasteiger charge is -2.16. The summed E-state index contributed by atoms with van der Waals surface area (Å²) >= 11 is 7.72. The predicted molar refractivity (Wildman–Crippen MR) is 56.0 cm³/mol. The summed E-state index contributed by atoms with van der Waals surface area (Å²) in [6, 6.07) is 1.95. The molecule has 1 nitrogen and oxygen atoms in total. The van der Waals surface area contributed by atoms with E-state index >= 15 is 0 Å². The van der Waals surface area contributed by atoms with Crippen LogP contribution in [0.15, 0.2) is 11.4 Å². The highest BCUT2D eigenvalue weighted by Gasteiger charge is 2.16. The first-order chi connectivity index (χ1) is 5.66. The zero-order valence-corrected chi connectivity index (χ0v) is 8.95. The van der Waals surface area contributed by atoms with Gasteiger partial charge in [0.25, 0.3) is 0 Å². The second-order valence-corrected chi connectivity index (χ2v) is 4.49. The van der Waals surface area contributed by atoms with Crippen molar-refractivity contribution in [2.75, 3.05) is 6.54 Å². The second-order valence-electron chi connectivity index (χ2n) is 3.13. The molecule has 2 atom stereocenters.